The molecule has 1 heterocycles. The highest BCUT2D eigenvalue weighted by molar-refractivity contribution is 5.93. The minimum Gasteiger partial charge on any atom is -0.379 e. The Hall–Kier alpha value is -1.65. The fraction of sp³-hybridized carbons (Fsp3) is 0.400. The maximum Gasteiger partial charge on any atom is 0.248 e. The lowest BCUT2D eigenvalue weighted by atomic mass is 10.2. The van der Waals surface area contributed by atoms with Gasteiger partial charge in [-0.1, -0.05) is 36.9 Å². The monoisotopic (exact) mass is 260 g/mol. The minimum absolute atomic E-state index is 0.0738. The number of carbonyl (C=O) groups excluding carboxylic acids is 1. The summed E-state index contributed by atoms with van der Waals surface area (Å²) in [6, 6.07) is 9.87. The smallest absolute Gasteiger partial charge is 0.248 e. The van der Waals surface area contributed by atoms with Gasteiger partial charge in [0.15, 0.2) is 0 Å². The molecule has 1 N–H and O–H groups in total. The Kier molecular flexibility index (Phi) is 5.12. The van der Waals surface area contributed by atoms with Crippen LogP contribution in [0.25, 0.3) is 0 Å². The van der Waals surface area contributed by atoms with Crippen molar-refractivity contribution in [1.29, 1.82) is 0 Å². The van der Waals surface area contributed by atoms with Crippen LogP contribution in [0.3, 0.4) is 0 Å². The van der Waals surface area contributed by atoms with Gasteiger partial charge < -0.3 is 10.1 Å². The van der Waals surface area contributed by atoms with Crippen molar-refractivity contribution in [2.75, 3.05) is 32.8 Å². The first kappa shape index (κ1) is 13.8. The summed E-state index contributed by atoms with van der Waals surface area (Å²) in [5.74, 6) is -0.0738. The SMILES string of the molecule is C=C(CN1CCOCC1)C(=O)NCc1ccccc1. The van der Waals surface area contributed by atoms with Crippen molar-refractivity contribution < 1.29 is 9.53 Å². The summed E-state index contributed by atoms with van der Waals surface area (Å²) in [4.78, 5) is 14.1. The van der Waals surface area contributed by atoms with Gasteiger partial charge in [-0.3, -0.25) is 9.69 Å². The number of nitrogens with one attached hydrogen (secondary N) is 1. The van der Waals surface area contributed by atoms with Crippen molar-refractivity contribution in [3.8, 4) is 0 Å². The Morgan fingerprint density at radius 1 is 1.26 bits per heavy atom. The standard InChI is InChI=1S/C15H20N2O2/c1-13(12-17-7-9-19-10-8-17)15(18)16-11-14-5-3-2-4-6-14/h2-6H,1,7-12H2,(H,16,18). The van der Waals surface area contributed by atoms with Crippen LogP contribution in [0.15, 0.2) is 42.5 Å². The third kappa shape index (κ3) is 4.50. The van der Waals surface area contributed by atoms with Crippen molar-refractivity contribution in [3.05, 3.63) is 48.0 Å². The van der Waals surface area contributed by atoms with Gasteiger partial charge in [-0.05, 0) is 5.56 Å². The van der Waals surface area contributed by atoms with E-state index < -0.39 is 0 Å². The normalized spacial score (nSPS) is 16.0. The highest BCUT2D eigenvalue weighted by Gasteiger charge is 2.14. The molecule has 0 atom stereocenters. The summed E-state index contributed by atoms with van der Waals surface area (Å²) in [7, 11) is 0. The molecule has 4 nitrogen and oxygen atoms in total. The van der Waals surface area contributed by atoms with Crippen LogP contribution in [-0.4, -0.2) is 43.7 Å². The molecule has 0 aliphatic carbocycles. The molecule has 1 aliphatic heterocycles. The van der Waals surface area contributed by atoms with Gasteiger partial charge in [-0.2, -0.15) is 0 Å². The predicted molar refractivity (Wildman–Crippen MR) is 74.7 cm³/mol. The number of rotatable bonds is 5. The van der Waals surface area contributed by atoms with Crippen LogP contribution in [0.5, 0.6) is 0 Å². The van der Waals surface area contributed by atoms with E-state index in [2.05, 4.69) is 16.8 Å². The number of hydrogen-bond donors (Lipinski definition) is 1. The van der Waals surface area contributed by atoms with Crippen molar-refractivity contribution in [2.24, 2.45) is 0 Å². The topological polar surface area (TPSA) is 41.6 Å². The number of ether oxygens (including phenoxy) is 1. The van der Waals surface area contributed by atoms with E-state index in [1.165, 1.54) is 0 Å². The fourth-order valence-corrected chi connectivity index (χ4v) is 2.00. The summed E-state index contributed by atoms with van der Waals surface area (Å²) in [6.45, 7) is 8.23. The zero-order chi connectivity index (χ0) is 13.5. The van der Waals surface area contributed by atoms with Gasteiger partial charge in [-0.15, -0.1) is 0 Å². The van der Waals surface area contributed by atoms with Crippen LogP contribution in [0, 0.1) is 0 Å². The van der Waals surface area contributed by atoms with Gasteiger partial charge >= 0.3 is 0 Å². The molecular weight excluding hydrogens is 240 g/mol. The van der Waals surface area contributed by atoms with E-state index >= 15 is 0 Å². The average molecular weight is 260 g/mol. The molecule has 0 bridgehead atoms. The lowest BCUT2D eigenvalue weighted by Crippen LogP contribution is -2.39. The minimum atomic E-state index is -0.0738. The van der Waals surface area contributed by atoms with E-state index in [1.807, 2.05) is 30.3 Å². The molecule has 0 aromatic heterocycles. The van der Waals surface area contributed by atoms with Gasteiger partial charge in [-0.25, -0.2) is 0 Å². The quantitative estimate of drug-likeness (QED) is 0.809. The molecule has 1 aromatic carbocycles. The van der Waals surface area contributed by atoms with Gasteiger partial charge in [0.05, 0.1) is 13.2 Å². The number of morpholine rings is 1. The van der Waals surface area contributed by atoms with Crippen molar-refractivity contribution in [3.63, 3.8) is 0 Å². The van der Waals surface area contributed by atoms with Crippen LogP contribution in [-0.2, 0) is 16.1 Å². The molecule has 1 aliphatic rings. The molecule has 0 radical (unpaired) electrons. The Balaban J connectivity index is 1.74. The molecule has 1 fully saturated rings. The van der Waals surface area contributed by atoms with Crippen molar-refractivity contribution in [1.82, 2.24) is 10.2 Å². The lowest BCUT2D eigenvalue weighted by Gasteiger charge is -2.26. The van der Waals surface area contributed by atoms with E-state index in [4.69, 9.17) is 4.74 Å². The molecule has 2 rings (SSSR count). The van der Waals surface area contributed by atoms with E-state index in [0.29, 0.717) is 18.7 Å². The fourth-order valence-electron chi connectivity index (χ4n) is 2.00. The number of nitrogens with zero attached hydrogens (tertiary/aromatic N) is 1. The Bertz CT molecular complexity index is 425. The Morgan fingerprint density at radius 3 is 2.63 bits per heavy atom. The second kappa shape index (κ2) is 7.07. The molecule has 0 saturated carbocycles. The van der Waals surface area contributed by atoms with Gasteiger partial charge in [0.1, 0.15) is 0 Å². The third-order valence-corrected chi connectivity index (χ3v) is 3.14. The van der Waals surface area contributed by atoms with Gasteiger partial charge in [0, 0.05) is 31.8 Å². The molecule has 19 heavy (non-hydrogen) atoms. The summed E-state index contributed by atoms with van der Waals surface area (Å²) < 4.78 is 5.28. The summed E-state index contributed by atoms with van der Waals surface area (Å²) in [5.41, 5.74) is 1.70. The zero-order valence-corrected chi connectivity index (χ0v) is 11.1. The van der Waals surface area contributed by atoms with E-state index in [1.54, 1.807) is 0 Å². The highest BCUT2D eigenvalue weighted by Crippen LogP contribution is 2.03. The van der Waals surface area contributed by atoms with E-state index in [-0.39, 0.29) is 5.91 Å². The van der Waals surface area contributed by atoms with Crippen LogP contribution in [0.1, 0.15) is 5.56 Å². The van der Waals surface area contributed by atoms with Crippen LogP contribution < -0.4 is 5.32 Å². The lowest BCUT2D eigenvalue weighted by molar-refractivity contribution is -0.118. The first-order chi connectivity index (χ1) is 9.25. The van der Waals surface area contributed by atoms with Crippen LogP contribution >= 0.6 is 0 Å². The summed E-state index contributed by atoms with van der Waals surface area (Å²) in [5, 5.41) is 2.89. The number of amides is 1. The number of hydrogen-bond acceptors (Lipinski definition) is 3. The average Bonchev–Trinajstić information content (AvgIpc) is 2.47. The first-order valence-corrected chi connectivity index (χ1v) is 6.56. The second-order valence-corrected chi connectivity index (χ2v) is 4.66. The van der Waals surface area contributed by atoms with E-state index in [0.717, 1.165) is 31.9 Å². The molecule has 1 saturated heterocycles. The molecule has 102 valence electrons. The molecule has 1 aromatic rings. The largest absolute Gasteiger partial charge is 0.379 e. The maximum absolute atomic E-state index is 11.9. The molecule has 4 heteroatoms. The molecular formula is C15H20N2O2. The Morgan fingerprint density at radius 2 is 1.95 bits per heavy atom. The summed E-state index contributed by atoms with van der Waals surface area (Å²) >= 11 is 0. The summed E-state index contributed by atoms with van der Waals surface area (Å²) in [6.07, 6.45) is 0. The third-order valence-electron chi connectivity index (χ3n) is 3.14. The van der Waals surface area contributed by atoms with Crippen molar-refractivity contribution >= 4 is 5.91 Å². The van der Waals surface area contributed by atoms with Crippen molar-refractivity contribution in [2.45, 2.75) is 6.54 Å². The molecule has 0 spiro atoms. The van der Waals surface area contributed by atoms with Crippen LogP contribution in [0.4, 0.5) is 0 Å². The second-order valence-electron chi connectivity index (χ2n) is 4.66. The predicted octanol–water partition coefficient (Wildman–Crippen LogP) is 1.19. The van der Waals surface area contributed by atoms with Crippen LogP contribution in [0.2, 0.25) is 0 Å². The highest BCUT2D eigenvalue weighted by atomic mass is 16.5. The number of benzene rings is 1. The maximum atomic E-state index is 11.9. The van der Waals surface area contributed by atoms with Gasteiger partial charge in [0.2, 0.25) is 5.91 Å². The van der Waals surface area contributed by atoms with Gasteiger partial charge in [0.25, 0.3) is 0 Å². The zero-order valence-electron chi connectivity index (χ0n) is 11.1. The Labute approximate surface area is 114 Å². The number of carbonyl (C=O) groups is 1. The molecule has 0 unspecified atom stereocenters. The van der Waals surface area contributed by atoms with E-state index in [9.17, 15) is 4.79 Å². The molecule has 1 amide bonds. The first-order valence-electron chi connectivity index (χ1n) is 6.56.